The van der Waals surface area contributed by atoms with Crippen molar-refractivity contribution in [3.63, 3.8) is 0 Å². The molecule has 2 aromatic carbocycles. The van der Waals surface area contributed by atoms with Crippen LogP contribution in [0.5, 0.6) is 17.2 Å². The van der Waals surface area contributed by atoms with Crippen LogP contribution in [-0.4, -0.2) is 47.9 Å². The molecule has 2 aromatic heterocycles. The number of ether oxygens (including phenoxy) is 3. The van der Waals surface area contributed by atoms with E-state index in [4.69, 9.17) is 24.8 Å². The van der Waals surface area contributed by atoms with Gasteiger partial charge in [-0.05, 0) is 48.2 Å². The SMILES string of the molecule is COc1ccc(COc2cn(OCc3ccc(OC)cc3)c(C(=O)NCCCCNc3cncnc3N)cc2=O)cc1. The Hall–Kier alpha value is -5.26. The first-order valence-corrected chi connectivity index (χ1v) is 13.3. The van der Waals surface area contributed by atoms with Crippen LogP contribution in [0.3, 0.4) is 0 Å². The maximum atomic E-state index is 13.1. The van der Waals surface area contributed by atoms with Gasteiger partial charge in [-0.2, -0.15) is 4.73 Å². The first-order valence-electron chi connectivity index (χ1n) is 13.3. The second-order valence-corrected chi connectivity index (χ2v) is 9.18. The van der Waals surface area contributed by atoms with Gasteiger partial charge in [-0.3, -0.25) is 9.59 Å². The molecule has 12 nitrogen and oxygen atoms in total. The Morgan fingerprint density at radius 1 is 0.929 bits per heavy atom. The van der Waals surface area contributed by atoms with E-state index in [0.29, 0.717) is 36.8 Å². The topological polar surface area (TPSA) is 152 Å². The number of hydrogen-bond acceptors (Lipinski definition) is 10. The second kappa shape index (κ2) is 14.9. The Morgan fingerprint density at radius 3 is 2.21 bits per heavy atom. The maximum absolute atomic E-state index is 13.1. The van der Waals surface area contributed by atoms with Gasteiger partial charge in [0.05, 0.1) is 32.3 Å². The smallest absolute Gasteiger partial charge is 0.271 e. The van der Waals surface area contributed by atoms with Crippen LogP contribution in [-0.2, 0) is 13.2 Å². The molecule has 42 heavy (non-hydrogen) atoms. The average Bonchev–Trinajstić information content (AvgIpc) is 3.02. The van der Waals surface area contributed by atoms with E-state index in [9.17, 15) is 9.59 Å². The Kier molecular flexibility index (Phi) is 10.6. The first-order chi connectivity index (χ1) is 20.5. The number of carbonyl (C=O) groups is 1. The van der Waals surface area contributed by atoms with Crippen molar-refractivity contribution in [3.8, 4) is 17.2 Å². The average molecular weight is 575 g/mol. The van der Waals surface area contributed by atoms with Crippen LogP contribution in [0.25, 0.3) is 0 Å². The summed E-state index contributed by atoms with van der Waals surface area (Å²) in [6.45, 7) is 1.31. The lowest BCUT2D eigenvalue weighted by Gasteiger charge is -2.16. The largest absolute Gasteiger partial charge is 0.497 e. The highest BCUT2D eigenvalue weighted by Crippen LogP contribution is 2.16. The molecule has 0 bridgehead atoms. The molecule has 2 heterocycles. The summed E-state index contributed by atoms with van der Waals surface area (Å²) in [6, 6.07) is 15.9. The Balaban J connectivity index is 1.40. The van der Waals surface area contributed by atoms with Crippen molar-refractivity contribution in [2.24, 2.45) is 0 Å². The first kappa shape index (κ1) is 29.7. The van der Waals surface area contributed by atoms with Gasteiger partial charge in [0.2, 0.25) is 5.43 Å². The zero-order valence-corrected chi connectivity index (χ0v) is 23.5. The van der Waals surface area contributed by atoms with E-state index in [0.717, 1.165) is 23.3 Å². The molecule has 0 saturated heterocycles. The number of aromatic nitrogens is 3. The maximum Gasteiger partial charge on any atom is 0.271 e. The fourth-order valence-corrected chi connectivity index (χ4v) is 3.87. The predicted octanol–water partition coefficient (Wildman–Crippen LogP) is 3.07. The lowest BCUT2D eigenvalue weighted by Crippen LogP contribution is -2.32. The molecule has 220 valence electrons. The Bertz CT molecular complexity index is 1510. The molecular weight excluding hydrogens is 540 g/mol. The van der Waals surface area contributed by atoms with Gasteiger partial charge < -0.3 is 35.4 Å². The van der Waals surface area contributed by atoms with E-state index in [1.807, 2.05) is 48.5 Å². The Morgan fingerprint density at radius 2 is 1.57 bits per heavy atom. The lowest BCUT2D eigenvalue weighted by atomic mass is 10.2. The van der Waals surface area contributed by atoms with Gasteiger partial charge in [-0.15, -0.1) is 0 Å². The molecule has 4 N–H and O–H groups in total. The summed E-state index contributed by atoms with van der Waals surface area (Å²) < 4.78 is 17.5. The van der Waals surface area contributed by atoms with Crippen molar-refractivity contribution in [3.05, 3.63) is 100 Å². The molecule has 4 aromatic rings. The van der Waals surface area contributed by atoms with Gasteiger partial charge in [-0.1, -0.05) is 24.3 Å². The zero-order valence-electron chi connectivity index (χ0n) is 23.5. The number of pyridine rings is 1. The van der Waals surface area contributed by atoms with E-state index in [1.165, 1.54) is 23.3 Å². The standard InChI is InChI=1S/C30H34N6O6/c1-39-23-9-5-21(6-10-23)18-41-28-17-36(42-19-22-7-11-24(40-2)12-8-22)26(15-27(28)37)30(38)34-14-4-3-13-33-25-16-32-20-35-29(25)31/h5-12,15-17,20,33H,3-4,13-14,18-19H2,1-2H3,(H,34,38)(H2,31,32,35). The van der Waals surface area contributed by atoms with Gasteiger partial charge in [0.25, 0.3) is 5.91 Å². The summed E-state index contributed by atoms with van der Waals surface area (Å²) in [5.74, 6) is 1.41. The minimum atomic E-state index is -0.447. The monoisotopic (exact) mass is 574 g/mol. The molecule has 0 aliphatic rings. The van der Waals surface area contributed by atoms with Gasteiger partial charge in [0.15, 0.2) is 5.75 Å². The number of hydrogen-bond donors (Lipinski definition) is 3. The van der Waals surface area contributed by atoms with Crippen LogP contribution >= 0.6 is 0 Å². The van der Waals surface area contributed by atoms with Gasteiger partial charge >= 0.3 is 0 Å². The third-order valence-electron chi connectivity index (χ3n) is 6.25. The minimum Gasteiger partial charge on any atom is -0.497 e. The highest BCUT2D eigenvalue weighted by Gasteiger charge is 2.16. The van der Waals surface area contributed by atoms with Crippen molar-refractivity contribution < 1.29 is 23.8 Å². The number of nitrogens with zero attached hydrogens (tertiary/aromatic N) is 3. The van der Waals surface area contributed by atoms with Crippen molar-refractivity contribution >= 4 is 17.4 Å². The van der Waals surface area contributed by atoms with E-state index in [2.05, 4.69) is 20.6 Å². The summed E-state index contributed by atoms with van der Waals surface area (Å²) >= 11 is 0. The third kappa shape index (κ3) is 8.37. The number of unbranched alkanes of at least 4 members (excludes halogenated alkanes) is 1. The molecule has 0 aliphatic carbocycles. The molecular formula is C30H34N6O6. The van der Waals surface area contributed by atoms with Crippen LogP contribution < -0.4 is 40.8 Å². The molecule has 0 fully saturated rings. The minimum absolute atomic E-state index is 0.0485. The number of amides is 1. The van der Waals surface area contributed by atoms with Crippen molar-refractivity contribution in [2.75, 3.05) is 38.4 Å². The van der Waals surface area contributed by atoms with Crippen LogP contribution in [0.1, 0.15) is 34.5 Å². The number of benzene rings is 2. The summed E-state index contributed by atoms with van der Waals surface area (Å²) in [4.78, 5) is 39.8. The molecule has 0 saturated carbocycles. The quantitative estimate of drug-likeness (QED) is 0.181. The van der Waals surface area contributed by atoms with Crippen LogP contribution in [0.15, 0.2) is 78.1 Å². The Labute approximate surface area is 243 Å². The van der Waals surface area contributed by atoms with E-state index >= 15 is 0 Å². The van der Waals surface area contributed by atoms with Crippen molar-refractivity contribution in [1.82, 2.24) is 20.0 Å². The number of nitrogens with two attached hydrogens (primary N) is 1. The number of nitrogens with one attached hydrogen (secondary N) is 2. The fourth-order valence-electron chi connectivity index (χ4n) is 3.87. The highest BCUT2D eigenvalue weighted by atomic mass is 16.7. The number of anilines is 2. The summed E-state index contributed by atoms with van der Waals surface area (Å²) in [6.07, 6.45) is 5.83. The molecule has 12 heteroatoms. The summed E-state index contributed by atoms with van der Waals surface area (Å²) in [5.41, 5.74) is 7.77. The van der Waals surface area contributed by atoms with E-state index in [-0.39, 0.29) is 24.7 Å². The molecule has 0 spiro atoms. The van der Waals surface area contributed by atoms with Crippen molar-refractivity contribution in [1.29, 1.82) is 0 Å². The molecule has 0 atom stereocenters. The zero-order chi connectivity index (χ0) is 29.7. The number of methoxy groups -OCH3 is 2. The van der Waals surface area contributed by atoms with Crippen molar-refractivity contribution in [2.45, 2.75) is 26.1 Å². The molecule has 0 aliphatic heterocycles. The van der Waals surface area contributed by atoms with Gasteiger partial charge in [0.1, 0.15) is 42.6 Å². The molecule has 4 rings (SSSR count). The van der Waals surface area contributed by atoms with Crippen LogP contribution in [0, 0.1) is 0 Å². The summed E-state index contributed by atoms with van der Waals surface area (Å²) in [7, 11) is 3.18. The molecule has 1 amide bonds. The number of nitrogen functional groups attached to an aromatic ring is 1. The van der Waals surface area contributed by atoms with E-state index in [1.54, 1.807) is 20.4 Å². The van der Waals surface area contributed by atoms with Crippen LogP contribution in [0.4, 0.5) is 11.5 Å². The van der Waals surface area contributed by atoms with Crippen LogP contribution in [0.2, 0.25) is 0 Å². The number of rotatable bonds is 15. The normalized spacial score (nSPS) is 10.5. The van der Waals surface area contributed by atoms with E-state index < -0.39 is 11.3 Å². The predicted molar refractivity (Wildman–Crippen MR) is 158 cm³/mol. The summed E-state index contributed by atoms with van der Waals surface area (Å²) in [5, 5.41) is 6.02. The third-order valence-corrected chi connectivity index (χ3v) is 6.25. The number of carbonyl (C=O) groups excluding carboxylic acids is 1. The fraction of sp³-hybridized carbons (Fsp3) is 0.267. The molecule has 0 unspecified atom stereocenters. The lowest BCUT2D eigenvalue weighted by molar-refractivity contribution is 0.0735. The molecule has 0 radical (unpaired) electrons. The highest BCUT2D eigenvalue weighted by molar-refractivity contribution is 5.92. The van der Waals surface area contributed by atoms with Gasteiger partial charge in [0, 0.05) is 19.2 Å². The second-order valence-electron chi connectivity index (χ2n) is 9.18. The van der Waals surface area contributed by atoms with Gasteiger partial charge in [-0.25, -0.2) is 9.97 Å².